The van der Waals surface area contributed by atoms with Crippen LogP contribution in [0, 0.1) is 23.0 Å². The first-order chi connectivity index (χ1) is 8.33. The third kappa shape index (κ3) is 4.30. The highest BCUT2D eigenvalue weighted by Gasteiger charge is 2.14. The molecule has 0 bridgehead atoms. The minimum atomic E-state index is -0.887. The molecule has 18 heavy (non-hydrogen) atoms. The van der Waals surface area contributed by atoms with Crippen molar-refractivity contribution in [2.24, 2.45) is 0 Å². The third-order valence-corrected chi connectivity index (χ3v) is 1.99. The van der Waals surface area contributed by atoms with Crippen LogP contribution in [0.15, 0.2) is 12.1 Å². The molecule has 0 radical (unpaired) electrons. The minimum Gasteiger partial charge on any atom is -0.485 e. The van der Waals surface area contributed by atoms with E-state index in [1.165, 1.54) is 0 Å². The van der Waals surface area contributed by atoms with Crippen LogP contribution in [0.25, 0.3) is 0 Å². The van der Waals surface area contributed by atoms with Crippen LogP contribution < -0.4 is 4.74 Å². The SMILES string of the molecule is CC(C)(C)OCCOc1c(F)cc(C#N)cc1F. The van der Waals surface area contributed by atoms with E-state index in [9.17, 15) is 8.78 Å². The van der Waals surface area contributed by atoms with E-state index in [1.807, 2.05) is 20.8 Å². The second-order valence-corrected chi connectivity index (χ2v) is 4.69. The van der Waals surface area contributed by atoms with E-state index in [0.717, 1.165) is 12.1 Å². The van der Waals surface area contributed by atoms with Crippen molar-refractivity contribution < 1.29 is 18.3 Å². The summed E-state index contributed by atoms with van der Waals surface area (Å²) in [5.74, 6) is -2.25. The lowest BCUT2D eigenvalue weighted by Crippen LogP contribution is -2.22. The summed E-state index contributed by atoms with van der Waals surface area (Å²) >= 11 is 0. The molecule has 0 N–H and O–H groups in total. The van der Waals surface area contributed by atoms with Crippen LogP contribution in [-0.2, 0) is 4.74 Å². The molecule has 0 fully saturated rings. The van der Waals surface area contributed by atoms with Gasteiger partial charge < -0.3 is 9.47 Å². The van der Waals surface area contributed by atoms with Gasteiger partial charge in [0.15, 0.2) is 17.4 Å². The van der Waals surface area contributed by atoms with E-state index in [4.69, 9.17) is 14.7 Å². The highest BCUT2D eigenvalue weighted by atomic mass is 19.1. The number of nitriles is 1. The Morgan fingerprint density at radius 1 is 1.17 bits per heavy atom. The van der Waals surface area contributed by atoms with E-state index in [0.29, 0.717) is 0 Å². The summed E-state index contributed by atoms with van der Waals surface area (Å²) in [6, 6.07) is 3.53. The molecule has 0 amide bonds. The van der Waals surface area contributed by atoms with E-state index in [2.05, 4.69) is 0 Å². The Labute approximate surface area is 105 Å². The van der Waals surface area contributed by atoms with Gasteiger partial charge in [0.05, 0.1) is 23.8 Å². The number of ether oxygens (including phenoxy) is 2. The van der Waals surface area contributed by atoms with Crippen LogP contribution in [0.5, 0.6) is 5.75 Å². The van der Waals surface area contributed by atoms with Crippen molar-refractivity contribution >= 4 is 0 Å². The van der Waals surface area contributed by atoms with E-state index in [-0.39, 0.29) is 24.4 Å². The summed E-state index contributed by atoms with van der Waals surface area (Å²) in [5.41, 5.74) is -0.409. The maximum Gasteiger partial charge on any atom is 0.190 e. The third-order valence-electron chi connectivity index (χ3n) is 1.99. The Bertz CT molecular complexity index is 438. The molecule has 0 aromatic heterocycles. The van der Waals surface area contributed by atoms with Gasteiger partial charge in [-0.15, -0.1) is 0 Å². The van der Waals surface area contributed by atoms with Crippen LogP contribution in [0.4, 0.5) is 8.78 Å². The average Bonchev–Trinajstić information content (AvgIpc) is 2.25. The Morgan fingerprint density at radius 3 is 2.17 bits per heavy atom. The second-order valence-electron chi connectivity index (χ2n) is 4.69. The molecule has 0 unspecified atom stereocenters. The van der Waals surface area contributed by atoms with Crippen molar-refractivity contribution in [2.75, 3.05) is 13.2 Å². The molecule has 0 atom stereocenters. The molecule has 0 heterocycles. The quantitative estimate of drug-likeness (QED) is 0.776. The molecule has 0 saturated heterocycles. The van der Waals surface area contributed by atoms with Gasteiger partial charge in [-0.05, 0) is 32.9 Å². The van der Waals surface area contributed by atoms with Gasteiger partial charge in [0.1, 0.15) is 6.61 Å². The molecule has 0 aliphatic heterocycles. The fraction of sp³-hybridized carbons (Fsp3) is 0.462. The van der Waals surface area contributed by atoms with Crippen molar-refractivity contribution in [3.05, 3.63) is 29.3 Å². The lowest BCUT2D eigenvalue weighted by atomic mass is 10.2. The van der Waals surface area contributed by atoms with Gasteiger partial charge in [-0.2, -0.15) is 5.26 Å². The summed E-state index contributed by atoms with van der Waals surface area (Å²) in [4.78, 5) is 0. The van der Waals surface area contributed by atoms with Crippen LogP contribution in [0.1, 0.15) is 26.3 Å². The molecule has 0 aliphatic rings. The van der Waals surface area contributed by atoms with Gasteiger partial charge in [-0.25, -0.2) is 8.78 Å². The van der Waals surface area contributed by atoms with Gasteiger partial charge in [-0.1, -0.05) is 0 Å². The first-order valence-corrected chi connectivity index (χ1v) is 5.49. The normalized spacial score (nSPS) is 11.1. The highest BCUT2D eigenvalue weighted by molar-refractivity contribution is 5.37. The van der Waals surface area contributed by atoms with Crippen LogP contribution >= 0.6 is 0 Å². The Morgan fingerprint density at radius 2 is 1.72 bits per heavy atom. The maximum atomic E-state index is 13.4. The molecule has 5 heteroatoms. The summed E-state index contributed by atoms with van der Waals surface area (Å²) in [7, 11) is 0. The standard InChI is InChI=1S/C13H15F2NO2/c1-13(2,3)18-5-4-17-12-10(14)6-9(8-16)7-11(12)15/h6-7H,4-5H2,1-3H3. The monoisotopic (exact) mass is 255 g/mol. The zero-order chi connectivity index (χ0) is 13.8. The number of nitrogens with zero attached hydrogens (tertiary/aromatic N) is 1. The van der Waals surface area contributed by atoms with E-state index < -0.39 is 17.4 Å². The van der Waals surface area contributed by atoms with Crippen LogP contribution in [0.3, 0.4) is 0 Å². The first-order valence-electron chi connectivity index (χ1n) is 5.49. The molecule has 98 valence electrons. The molecular weight excluding hydrogens is 240 g/mol. The fourth-order valence-electron chi connectivity index (χ4n) is 1.25. The van der Waals surface area contributed by atoms with E-state index in [1.54, 1.807) is 6.07 Å². The number of hydrogen-bond donors (Lipinski definition) is 0. The number of benzene rings is 1. The highest BCUT2D eigenvalue weighted by Crippen LogP contribution is 2.23. The van der Waals surface area contributed by atoms with Crippen molar-refractivity contribution in [1.29, 1.82) is 5.26 Å². The van der Waals surface area contributed by atoms with Crippen molar-refractivity contribution in [3.8, 4) is 11.8 Å². The Kier molecular flexibility index (Phi) is 4.62. The Balaban J connectivity index is 2.61. The van der Waals surface area contributed by atoms with Gasteiger partial charge in [-0.3, -0.25) is 0 Å². The van der Waals surface area contributed by atoms with Crippen LogP contribution in [0.2, 0.25) is 0 Å². The van der Waals surface area contributed by atoms with Gasteiger partial charge in [0, 0.05) is 0 Å². The molecule has 3 nitrogen and oxygen atoms in total. The molecule has 0 aliphatic carbocycles. The molecule has 0 saturated carbocycles. The number of rotatable bonds is 4. The van der Waals surface area contributed by atoms with Crippen molar-refractivity contribution in [1.82, 2.24) is 0 Å². The van der Waals surface area contributed by atoms with Gasteiger partial charge in [0.2, 0.25) is 0 Å². The summed E-state index contributed by atoms with van der Waals surface area (Å²) in [5, 5.41) is 8.54. The minimum absolute atomic E-state index is 0.0387. The predicted octanol–water partition coefficient (Wildman–Crippen LogP) is 3.03. The smallest absolute Gasteiger partial charge is 0.190 e. The second kappa shape index (κ2) is 5.78. The number of halogens is 2. The molecule has 1 rings (SSSR count). The maximum absolute atomic E-state index is 13.4. The lowest BCUT2D eigenvalue weighted by molar-refractivity contribution is -0.0170. The first kappa shape index (κ1) is 14.4. The zero-order valence-electron chi connectivity index (χ0n) is 10.6. The topological polar surface area (TPSA) is 42.2 Å². The molecular formula is C13H15F2NO2. The van der Waals surface area contributed by atoms with Gasteiger partial charge >= 0.3 is 0 Å². The summed E-state index contributed by atoms with van der Waals surface area (Å²) < 4.78 is 37.1. The molecule has 1 aromatic rings. The van der Waals surface area contributed by atoms with Crippen molar-refractivity contribution in [2.45, 2.75) is 26.4 Å². The largest absolute Gasteiger partial charge is 0.485 e. The molecule has 1 aromatic carbocycles. The Hall–Kier alpha value is -1.67. The average molecular weight is 255 g/mol. The predicted molar refractivity (Wildman–Crippen MR) is 62.3 cm³/mol. The fourth-order valence-corrected chi connectivity index (χ4v) is 1.25. The van der Waals surface area contributed by atoms with E-state index >= 15 is 0 Å². The summed E-state index contributed by atoms with van der Waals surface area (Å²) in [6.07, 6.45) is 0. The lowest BCUT2D eigenvalue weighted by Gasteiger charge is -2.19. The van der Waals surface area contributed by atoms with Crippen LogP contribution in [-0.4, -0.2) is 18.8 Å². The van der Waals surface area contributed by atoms with Crippen molar-refractivity contribution in [3.63, 3.8) is 0 Å². The number of hydrogen-bond acceptors (Lipinski definition) is 3. The van der Waals surface area contributed by atoms with Gasteiger partial charge in [0.25, 0.3) is 0 Å². The molecule has 0 spiro atoms. The zero-order valence-corrected chi connectivity index (χ0v) is 10.6. The summed E-state index contributed by atoms with van der Waals surface area (Å²) in [6.45, 7) is 5.88.